The second-order valence-electron chi connectivity index (χ2n) is 5.06. The first-order chi connectivity index (χ1) is 11.0. The van der Waals surface area contributed by atoms with Crippen LogP contribution in [-0.2, 0) is 16.4 Å². The van der Waals surface area contributed by atoms with Gasteiger partial charge in [0.1, 0.15) is 0 Å². The molecule has 0 saturated carbocycles. The minimum absolute atomic E-state index is 0.192. The highest BCUT2D eigenvalue weighted by molar-refractivity contribution is 7.89. The molecule has 0 unspecified atom stereocenters. The molecule has 0 spiro atoms. The quantitative estimate of drug-likeness (QED) is 0.685. The zero-order chi connectivity index (χ0) is 16.4. The number of hydrazone groups is 1. The van der Waals surface area contributed by atoms with Crippen molar-refractivity contribution in [2.24, 2.45) is 5.10 Å². The van der Waals surface area contributed by atoms with E-state index >= 15 is 0 Å². The van der Waals surface area contributed by atoms with Crippen LogP contribution in [0.4, 0.5) is 5.69 Å². The fourth-order valence-corrected chi connectivity index (χ4v) is 3.33. The summed E-state index contributed by atoms with van der Waals surface area (Å²) in [6, 6.07) is 12.5. The van der Waals surface area contributed by atoms with Gasteiger partial charge in [0.15, 0.2) is 0 Å². The summed E-state index contributed by atoms with van der Waals surface area (Å²) in [5.74, 6) is 0. The largest absolute Gasteiger partial charge is 0.276 e. The molecule has 0 amide bonds. The monoisotopic (exact) mass is 331 g/mol. The van der Waals surface area contributed by atoms with Crippen molar-refractivity contribution in [2.45, 2.75) is 17.7 Å². The highest BCUT2D eigenvalue weighted by Crippen LogP contribution is 2.22. The molecule has 0 radical (unpaired) electrons. The van der Waals surface area contributed by atoms with Gasteiger partial charge in [-0.3, -0.25) is 10.1 Å². The Hall–Kier alpha value is -2.74. The zero-order valence-corrected chi connectivity index (χ0v) is 12.8. The molecule has 2 aromatic rings. The van der Waals surface area contributed by atoms with Crippen molar-refractivity contribution in [2.75, 3.05) is 0 Å². The molecule has 0 bridgehead atoms. The lowest BCUT2D eigenvalue weighted by molar-refractivity contribution is -0.385. The van der Waals surface area contributed by atoms with Gasteiger partial charge in [0.25, 0.3) is 15.7 Å². The summed E-state index contributed by atoms with van der Waals surface area (Å²) in [6.07, 6.45) is 1.46. The first kappa shape index (κ1) is 15.2. The van der Waals surface area contributed by atoms with Crippen molar-refractivity contribution in [3.05, 3.63) is 69.8 Å². The Bertz CT molecular complexity index is 906. The number of hydrogen-bond donors (Lipinski definition) is 1. The lowest BCUT2D eigenvalue weighted by Gasteiger charge is -2.05. The van der Waals surface area contributed by atoms with E-state index in [0.29, 0.717) is 12.1 Å². The van der Waals surface area contributed by atoms with Gasteiger partial charge in [0.2, 0.25) is 0 Å². The standard InChI is InChI=1S/C15H13N3O4S/c19-18(20)12-5-3-6-13(10-12)23(21,22)17-16-15-9-8-11-4-1-2-7-14(11)15/h1-7,10,17H,8-9H2/b16-15+. The fourth-order valence-electron chi connectivity index (χ4n) is 2.46. The predicted octanol–water partition coefficient (Wildman–Crippen LogP) is 2.22. The Labute approximate surface area is 132 Å². The number of non-ortho nitro benzene ring substituents is 1. The number of nitrogens with one attached hydrogen (secondary N) is 1. The van der Waals surface area contributed by atoms with Crippen molar-refractivity contribution in [1.82, 2.24) is 4.83 Å². The van der Waals surface area contributed by atoms with Crippen LogP contribution in [0.5, 0.6) is 0 Å². The van der Waals surface area contributed by atoms with E-state index in [1.807, 2.05) is 24.3 Å². The third-order valence-electron chi connectivity index (χ3n) is 3.60. The first-order valence-electron chi connectivity index (χ1n) is 6.88. The predicted molar refractivity (Wildman–Crippen MR) is 84.7 cm³/mol. The number of sulfonamides is 1. The minimum atomic E-state index is -3.95. The molecule has 3 rings (SSSR count). The van der Waals surface area contributed by atoms with Gasteiger partial charge >= 0.3 is 0 Å². The maximum absolute atomic E-state index is 12.2. The molecule has 0 saturated heterocycles. The summed E-state index contributed by atoms with van der Waals surface area (Å²) in [5.41, 5.74) is 2.43. The van der Waals surface area contributed by atoms with E-state index in [-0.39, 0.29) is 10.6 Å². The van der Waals surface area contributed by atoms with Gasteiger partial charge in [-0.05, 0) is 24.5 Å². The second-order valence-corrected chi connectivity index (χ2v) is 6.73. The normalized spacial score (nSPS) is 15.4. The van der Waals surface area contributed by atoms with Crippen LogP contribution in [0.2, 0.25) is 0 Å². The number of aryl methyl sites for hydroxylation is 1. The molecule has 0 aromatic heterocycles. The average Bonchev–Trinajstić information content (AvgIpc) is 2.96. The van der Waals surface area contributed by atoms with E-state index in [1.165, 1.54) is 18.2 Å². The molecule has 0 fully saturated rings. The van der Waals surface area contributed by atoms with Crippen LogP contribution in [0.25, 0.3) is 0 Å². The number of nitro groups is 1. The lowest BCUT2D eigenvalue weighted by Crippen LogP contribution is -2.20. The van der Waals surface area contributed by atoms with E-state index in [1.54, 1.807) is 0 Å². The Kier molecular flexibility index (Phi) is 3.83. The van der Waals surface area contributed by atoms with Crippen molar-refractivity contribution in [1.29, 1.82) is 0 Å². The number of benzene rings is 2. The third kappa shape index (κ3) is 3.07. The van der Waals surface area contributed by atoms with E-state index in [9.17, 15) is 18.5 Å². The van der Waals surface area contributed by atoms with Gasteiger partial charge in [-0.2, -0.15) is 18.4 Å². The van der Waals surface area contributed by atoms with E-state index in [4.69, 9.17) is 0 Å². The van der Waals surface area contributed by atoms with Crippen LogP contribution in [0.15, 0.2) is 58.5 Å². The highest BCUT2D eigenvalue weighted by Gasteiger charge is 2.20. The Morgan fingerprint density at radius 3 is 2.65 bits per heavy atom. The summed E-state index contributed by atoms with van der Waals surface area (Å²) in [4.78, 5) is 12.1. The minimum Gasteiger partial charge on any atom is -0.258 e. The van der Waals surface area contributed by atoms with Crippen LogP contribution in [0.3, 0.4) is 0 Å². The molecule has 23 heavy (non-hydrogen) atoms. The SMILES string of the molecule is O=[N+]([O-])c1cccc(S(=O)(=O)N/N=C2\CCc3ccccc32)c1. The second kappa shape index (κ2) is 5.81. The third-order valence-corrected chi connectivity index (χ3v) is 4.81. The zero-order valence-electron chi connectivity index (χ0n) is 12.0. The molecule has 0 aliphatic heterocycles. The molecule has 0 heterocycles. The lowest BCUT2D eigenvalue weighted by atomic mass is 10.1. The molecule has 1 N–H and O–H groups in total. The maximum atomic E-state index is 12.2. The van der Waals surface area contributed by atoms with Crippen LogP contribution in [-0.4, -0.2) is 19.1 Å². The molecule has 7 nitrogen and oxygen atoms in total. The van der Waals surface area contributed by atoms with Crippen LogP contribution in [0, 0.1) is 10.1 Å². The summed E-state index contributed by atoms with van der Waals surface area (Å²) >= 11 is 0. The molecule has 0 atom stereocenters. The number of rotatable bonds is 4. The average molecular weight is 331 g/mol. The van der Waals surface area contributed by atoms with Gasteiger partial charge in [-0.15, -0.1) is 0 Å². The van der Waals surface area contributed by atoms with Crippen molar-refractivity contribution in [3.63, 3.8) is 0 Å². The molecule has 1 aliphatic rings. The summed E-state index contributed by atoms with van der Waals surface area (Å²) in [7, 11) is -3.95. The first-order valence-corrected chi connectivity index (χ1v) is 8.37. The van der Waals surface area contributed by atoms with E-state index in [0.717, 1.165) is 23.6 Å². The maximum Gasteiger partial charge on any atom is 0.276 e. The van der Waals surface area contributed by atoms with Gasteiger partial charge in [-0.1, -0.05) is 30.3 Å². The van der Waals surface area contributed by atoms with Crippen LogP contribution < -0.4 is 4.83 Å². The Morgan fingerprint density at radius 1 is 1.09 bits per heavy atom. The van der Waals surface area contributed by atoms with Crippen molar-refractivity contribution in [3.8, 4) is 0 Å². The topological polar surface area (TPSA) is 102 Å². The van der Waals surface area contributed by atoms with Gasteiger partial charge in [-0.25, -0.2) is 0 Å². The number of nitrogens with zero attached hydrogens (tertiary/aromatic N) is 2. The fraction of sp³-hybridized carbons (Fsp3) is 0.133. The molecular weight excluding hydrogens is 318 g/mol. The molecule has 1 aliphatic carbocycles. The Morgan fingerprint density at radius 2 is 1.87 bits per heavy atom. The molecule has 118 valence electrons. The Balaban J connectivity index is 1.87. The summed E-state index contributed by atoms with van der Waals surface area (Å²) in [5, 5.41) is 14.7. The van der Waals surface area contributed by atoms with Crippen LogP contribution >= 0.6 is 0 Å². The van der Waals surface area contributed by atoms with E-state index < -0.39 is 14.9 Å². The smallest absolute Gasteiger partial charge is 0.258 e. The molecule has 8 heteroatoms. The van der Waals surface area contributed by atoms with Crippen LogP contribution in [0.1, 0.15) is 17.5 Å². The summed E-state index contributed by atoms with van der Waals surface area (Å²) < 4.78 is 24.5. The van der Waals surface area contributed by atoms with Gasteiger partial charge in [0.05, 0.1) is 15.5 Å². The number of nitro benzene ring substituents is 1. The van der Waals surface area contributed by atoms with Gasteiger partial charge < -0.3 is 0 Å². The molecule has 2 aromatic carbocycles. The highest BCUT2D eigenvalue weighted by atomic mass is 32.2. The number of hydrogen-bond acceptors (Lipinski definition) is 5. The van der Waals surface area contributed by atoms with Crippen molar-refractivity contribution < 1.29 is 13.3 Å². The number of fused-ring (bicyclic) bond motifs is 1. The van der Waals surface area contributed by atoms with E-state index in [2.05, 4.69) is 9.93 Å². The van der Waals surface area contributed by atoms with Crippen molar-refractivity contribution >= 4 is 21.4 Å². The summed E-state index contributed by atoms with van der Waals surface area (Å²) in [6.45, 7) is 0. The molecular formula is C15H13N3O4S. The van der Waals surface area contributed by atoms with Gasteiger partial charge in [0, 0.05) is 17.7 Å².